The fraction of sp³-hybridized carbons (Fsp3) is 0.333. The Bertz CT molecular complexity index is 1130. The van der Waals surface area contributed by atoms with E-state index in [1.807, 2.05) is 0 Å². The Morgan fingerprint density at radius 2 is 1.84 bits per heavy atom. The van der Waals surface area contributed by atoms with Gasteiger partial charge in [-0.05, 0) is 37.1 Å². The SMILES string of the molecule is O=C(Nc1nc2ccc(F)cn2c1-c1cccc(C(F)(F)F)c1)C1CCC(F)(F)CC1. The second kappa shape index (κ2) is 7.58. The first-order chi connectivity index (χ1) is 14.5. The van der Waals surface area contributed by atoms with Crippen LogP contribution in [0.25, 0.3) is 16.9 Å². The number of alkyl halides is 5. The molecule has 0 radical (unpaired) electrons. The van der Waals surface area contributed by atoms with Gasteiger partial charge in [-0.15, -0.1) is 0 Å². The highest BCUT2D eigenvalue weighted by Gasteiger charge is 2.38. The lowest BCUT2D eigenvalue weighted by Gasteiger charge is -2.27. The molecule has 0 saturated heterocycles. The molecule has 0 spiro atoms. The van der Waals surface area contributed by atoms with Crippen molar-refractivity contribution in [1.82, 2.24) is 9.38 Å². The van der Waals surface area contributed by atoms with Crippen molar-refractivity contribution >= 4 is 17.4 Å². The zero-order chi connectivity index (χ0) is 22.4. The third-order valence-corrected chi connectivity index (χ3v) is 5.38. The van der Waals surface area contributed by atoms with E-state index in [2.05, 4.69) is 10.3 Å². The Morgan fingerprint density at radius 1 is 1.13 bits per heavy atom. The molecule has 1 amide bonds. The summed E-state index contributed by atoms with van der Waals surface area (Å²) in [6.45, 7) is 0. The van der Waals surface area contributed by atoms with E-state index in [1.54, 1.807) is 0 Å². The zero-order valence-corrected chi connectivity index (χ0v) is 16.0. The van der Waals surface area contributed by atoms with Crippen LogP contribution >= 0.6 is 0 Å². The first-order valence-corrected chi connectivity index (χ1v) is 9.57. The number of halogens is 6. The van der Waals surface area contributed by atoms with Crippen molar-refractivity contribution < 1.29 is 31.1 Å². The van der Waals surface area contributed by atoms with Crippen molar-refractivity contribution in [2.45, 2.75) is 37.8 Å². The molecule has 1 aliphatic carbocycles. The Balaban J connectivity index is 1.74. The second-order valence-electron chi connectivity index (χ2n) is 7.58. The summed E-state index contributed by atoms with van der Waals surface area (Å²) in [6.07, 6.45) is -4.41. The molecular formula is C21H17F6N3O. The van der Waals surface area contributed by atoms with Crippen LogP contribution in [0.15, 0.2) is 42.6 Å². The Hall–Kier alpha value is -3.04. The van der Waals surface area contributed by atoms with Gasteiger partial charge in [0, 0.05) is 30.5 Å². The van der Waals surface area contributed by atoms with E-state index in [0.29, 0.717) is 0 Å². The molecule has 31 heavy (non-hydrogen) atoms. The van der Waals surface area contributed by atoms with Crippen LogP contribution in [-0.2, 0) is 11.0 Å². The van der Waals surface area contributed by atoms with Crippen LogP contribution < -0.4 is 5.32 Å². The Labute approximate surface area is 172 Å². The summed E-state index contributed by atoms with van der Waals surface area (Å²) in [5.41, 5.74) is -0.573. The number of hydrogen-bond donors (Lipinski definition) is 1. The molecule has 1 N–H and O–H groups in total. The molecule has 0 aliphatic heterocycles. The highest BCUT2D eigenvalue weighted by Crippen LogP contribution is 2.38. The number of fused-ring (bicyclic) bond motifs is 1. The van der Waals surface area contributed by atoms with Crippen molar-refractivity contribution in [2.75, 3.05) is 5.32 Å². The molecule has 1 aromatic carbocycles. The van der Waals surface area contributed by atoms with E-state index in [1.165, 1.54) is 22.6 Å². The van der Waals surface area contributed by atoms with Gasteiger partial charge in [0.25, 0.3) is 0 Å². The molecule has 4 rings (SSSR count). The third kappa shape index (κ3) is 4.38. The fourth-order valence-corrected chi connectivity index (χ4v) is 3.75. The van der Waals surface area contributed by atoms with Crippen LogP contribution in [0.5, 0.6) is 0 Å². The number of hydrogen-bond acceptors (Lipinski definition) is 2. The summed E-state index contributed by atoms with van der Waals surface area (Å²) in [5, 5.41) is 2.55. The maximum absolute atomic E-state index is 13.8. The number of carbonyl (C=O) groups is 1. The van der Waals surface area contributed by atoms with Crippen molar-refractivity contribution in [2.24, 2.45) is 5.92 Å². The van der Waals surface area contributed by atoms with Gasteiger partial charge in [-0.3, -0.25) is 9.20 Å². The number of anilines is 1. The lowest BCUT2D eigenvalue weighted by molar-refractivity contribution is -0.137. The number of nitrogens with zero attached hydrogens (tertiary/aromatic N) is 2. The van der Waals surface area contributed by atoms with Crippen LogP contribution in [0.2, 0.25) is 0 Å². The quantitative estimate of drug-likeness (QED) is 0.513. The summed E-state index contributed by atoms with van der Waals surface area (Å²) in [5.74, 6) is -4.73. The Morgan fingerprint density at radius 3 is 2.52 bits per heavy atom. The van der Waals surface area contributed by atoms with Gasteiger partial charge in [-0.1, -0.05) is 12.1 Å². The highest BCUT2D eigenvalue weighted by atomic mass is 19.4. The van der Waals surface area contributed by atoms with E-state index < -0.39 is 48.1 Å². The van der Waals surface area contributed by atoms with Crippen LogP contribution in [0.4, 0.5) is 32.2 Å². The van der Waals surface area contributed by atoms with Gasteiger partial charge in [0.05, 0.1) is 11.3 Å². The number of imidazole rings is 1. The second-order valence-corrected chi connectivity index (χ2v) is 7.58. The van der Waals surface area contributed by atoms with Crippen LogP contribution in [0.1, 0.15) is 31.2 Å². The number of rotatable bonds is 3. The van der Waals surface area contributed by atoms with Gasteiger partial charge in [-0.2, -0.15) is 13.2 Å². The highest BCUT2D eigenvalue weighted by molar-refractivity contribution is 5.96. The van der Waals surface area contributed by atoms with Crippen molar-refractivity contribution in [3.63, 3.8) is 0 Å². The maximum Gasteiger partial charge on any atom is 0.416 e. The molecule has 164 valence electrons. The van der Waals surface area contributed by atoms with Gasteiger partial charge in [-0.25, -0.2) is 18.2 Å². The summed E-state index contributed by atoms with van der Waals surface area (Å²) < 4.78 is 81.4. The minimum atomic E-state index is -4.60. The number of nitrogens with one attached hydrogen (secondary N) is 1. The van der Waals surface area contributed by atoms with E-state index in [9.17, 15) is 31.1 Å². The van der Waals surface area contributed by atoms with Gasteiger partial charge < -0.3 is 5.32 Å². The molecule has 4 nitrogen and oxygen atoms in total. The van der Waals surface area contributed by atoms with Crippen LogP contribution in [0.3, 0.4) is 0 Å². The molecule has 1 saturated carbocycles. The fourth-order valence-electron chi connectivity index (χ4n) is 3.75. The van der Waals surface area contributed by atoms with E-state index in [4.69, 9.17) is 0 Å². The van der Waals surface area contributed by atoms with Gasteiger partial charge in [0.15, 0.2) is 5.82 Å². The van der Waals surface area contributed by atoms with E-state index in [0.717, 1.165) is 24.4 Å². The molecule has 0 atom stereocenters. The average Bonchev–Trinajstić information content (AvgIpc) is 3.04. The molecule has 10 heteroatoms. The minimum Gasteiger partial charge on any atom is -0.309 e. The third-order valence-electron chi connectivity index (χ3n) is 5.38. The van der Waals surface area contributed by atoms with Gasteiger partial charge in [0.2, 0.25) is 11.8 Å². The molecule has 1 fully saturated rings. The lowest BCUT2D eigenvalue weighted by atomic mass is 9.86. The van der Waals surface area contributed by atoms with Crippen molar-refractivity contribution in [3.8, 4) is 11.3 Å². The molecule has 1 aliphatic rings. The first kappa shape index (κ1) is 21.2. The van der Waals surface area contributed by atoms with Crippen molar-refractivity contribution in [1.29, 1.82) is 0 Å². The van der Waals surface area contributed by atoms with E-state index in [-0.39, 0.29) is 35.6 Å². The summed E-state index contributed by atoms with van der Waals surface area (Å²) in [4.78, 5) is 16.9. The predicted molar refractivity (Wildman–Crippen MR) is 101 cm³/mol. The van der Waals surface area contributed by atoms with Crippen LogP contribution in [0, 0.1) is 11.7 Å². The lowest BCUT2D eigenvalue weighted by Crippen LogP contribution is -2.32. The predicted octanol–water partition coefficient (Wildman–Crippen LogP) is 5.92. The van der Waals surface area contributed by atoms with Crippen molar-refractivity contribution in [3.05, 3.63) is 54.0 Å². The number of carbonyl (C=O) groups excluding carboxylic acids is 1. The van der Waals surface area contributed by atoms with E-state index >= 15 is 0 Å². The van der Waals surface area contributed by atoms with Gasteiger partial charge >= 0.3 is 6.18 Å². The first-order valence-electron chi connectivity index (χ1n) is 9.57. The molecule has 2 aromatic heterocycles. The number of aromatic nitrogens is 2. The molecule has 0 bridgehead atoms. The minimum absolute atomic E-state index is 0.0142. The van der Waals surface area contributed by atoms with Crippen LogP contribution in [-0.4, -0.2) is 21.2 Å². The number of benzene rings is 1. The summed E-state index contributed by atoms with van der Waals surface area (Å²) >= 11 is 0. The number of amides is 1. The summed E-state index contributed by atoms with van der Waals surface area (Å²) in [7, 11) is 0. The molecule has 0 unspecified atom stereocenters. The number of pyridine rings is 1. The topological polar surface area (TPSA) is 46.4 Å². The smallest absolute Gasteiger partial charge is 0.309 e. The standard InChI is InChI=1S/C21H17F6N3O/c22-15-4-5-16-28-18(29-19(31)12-6-8-20(23,24)9-7-12)17(30(16)11-15)13-2-1-3-14(10-13)21(25,26)27/h1-5,10-12H,6-9H2,(H,29,31). The zero-order valence-electron chi connectivity index (χ0n) is 16.0. The Kier molecular flexibility index (Phi) is 5.18. The average molecular weight is 441 g/mol. The normalized spacial score (nSPS) is 17.1. The molecular weight excluding hydrogens is 424 g/mol. The maximum atomic E-state index is 13.8. The molecule has 3 aromatic rings. The monoisotopic (exact) mass is 441 g/mol. The molecule has 2 heterocycles. The van der Waals surface area contributed by atoms with Gasteiger partial charge in [0.1, 0.15) is 11.5 Å². The summed E-state index contributed by atoms with van der Waals surface area (Å²) in [6, 6.07) is 6.82. The largest absolute Gasteiger partial charge is 0.416 e.